The van der Waals surface area contributed by atoms with Crippen LogP contribution in [-0.4, -0.2) is 15.1 Å². The molecule has 0 N–H and O–H groups in total. The van der Waals surface area contributed by atoms with Crippen molar-refractivity contribution in [1.82, 2.24) is 0 Å². The Morgan fingerprint density at radius 3 is 2.52 bits per heavy atom. The summed E-state index contributed by atoms with van der Waals surface area (Å²) in [6.07, 6.45) is 6.20. The highest BCUT2D eigenvalue weighted by molar-refractivity contribution is 6.69. The van der Waals surface area contributed by atoms with Crippen molar-refractivity contribution >= 4 is 13.9 Å². The van der Waals surface area contributed by atoms with Gasteiger partial charge in [0, 0.05) is 5.57 Å². The Kier molecular flexibility index (Phi) is 4.14. The van der Waals surface area contributed by atoms with Gasteiger partial charge in [-0.05, 0) is 66.4 Å². The van der Waals surface area contributed by atoms with E-state index in [2.05, 4.69) is 74.3 Å². The smallest absolute Gasteiger partial charge is 0.188 e. The molecule has 25 heavy (non-hydrogen) atoms. The third-order valence-electron chi connectivity index (χ3n) is 4.77. The van der Waals surface area contributed by atoms with Crippen molar-refractivity contribution in [3.8, 4) is 11.1 Å². The van der Waals surface area contributed by atoms with Gasteiger partial charge in [-0.3, -0.25) is 0 Å². The second-order valence-corrected chi connectivity index (χ2v) is 12.1. The fourth-order valence-electron chi connectivity index (χ4n) is 3.57. The third kappa shape index (κ3) is 3.22. The third-order valence-corrected chi connectivity index (χ3v) is 5.75. The largest absolute Gasteiger partial charge is 0.468 e. The number of fused-ring (bicyclic) bond motifs is 3. The Hall–Kier alpha value is -2.10. The standard InChI is InChI=1S/C22H24O2Si/c1-25(2,3)24-15-23-22-13-7-12-20(22)19-11-6-10-18-17-9-5-4-8-16(17)14-21(18)19/h4-11,13H,12,14-15H2,1-3H3. The average molecular weight is 349 g/mol. The normalized spacial score (nSPS) is 15.5. The molecule has 0 saturated heterocycles. The van der Waals surface area contributed by atoms with E-state index in [4.69, 9.17) is 9.16 Å². The number of ether oxygens (including phenoxy) is 1. The molecule has 0 aliphatic heterocycles. The van der Waals surface area contributed by atoms with Crippen LogP contribution in [0.1, 0.15) is 23.1 Å². The van der Waals surface area contributed by atoms with Gasteiger partial charge in [0.1, 0.15) is 5.76 Å². The topological polar surface area (TPSA) is 18.5 Å². The van der Waals surface area contributed by atoms with Gasteiger partial charge in [-0.15, -0.1) is 0 Å². The molecule has 2 aromatic carbocycles. The van der Waals surface area contributed by atoms with Crippen molar-refractivity contribution in [2.24, 2.45) is 0 Å². The zero-order chi connectivity index (χ0) is 17.4. The summed E-state index contributed by atoms with van der Waals surface area (Å²) in [6, 6.07) is 15.4. The van der Waals surface area contributed by atoms with Crippen LogP contribution in [0, 0.1) is 0 Å². The summed E-state index contributed by atoms with van der Waals surface area (Å²) in [7, 11) is -1.56. The predicted octanol–water partition coefficient (Wildman–Crippen LogP) is 5.75. The molecule has 128 valence electrons. The van der Waals surface area contributed by atoms with Crippen LogP contribution in [0.25, 0.3) is 16.7 Å². The Labute approximate surface area is 150 Å². The Morgan fingerprint density at radius 2 is 1.68 bits per heavy atom. The van der Waals surface area contributed by atoms with Crippen molar-refractivity contribution in [1.29, 1.82) is 0 Å². The second-order valence-electron chi connectivity index (χ2n) is 7.63. The van der Waals surface area contributed by atoms with E-state index in [9.17, 15) is 0 Å². The molecule has 0 unspecified atom stereocenters. The van der Waals surface area contributed by atoms with Crippen molar-refractivity contribution in [3.05, 3.63) is 77.1 Å². The molecule has 0 atom stereocenters. The monoisotopic (exact) mass is 348 g/mol. The maximum atomic E-state index is 5.99. The zero-order valence-corrected chi connectivity index (χ0v) is 16.1. The highest BCUT2D eigenvalue weighted by Gasteiger charge is 2.24. The van der Waals surface area contributed by atoms with Crippen LogP contribution < -0.4 is 0 Å². The highest BCUT2D eigenvalue weighted by Crippen LogP contribution is 2.42. The van der Waals surface area contributed by atoms with Gasteiger partial charge in [0.2, 0.25) is 0 Å². The molecule has 2 aromatic rings. The predicted molar refractivity (Wildman–Crippen MR) is 106 cm³/mol. The number of benzene rings is 2. The fraction of sp³-hybridized carbons (Fsp3) is 0.273. The van der Waals surface area contributed by atoms with E-state index >= 15 is 0 Å². The number of rotatable bonds is 5. The number of hydrogen-bond acceptors (Lipinski definition) is 2. The molecule has 0 fully saturated rings. The fourth-order valence-corrected chi connectivity index (χ4v) is 3.99. The SMILES string of the molecule is C[Si](C)(C)OCOC1=C(c2cccc3c2Cc2ccccc2-3)CC=C1. The summed E-state index contributed by atoms with van der Waals surface area (Å²) in [6.45, 7) is 6.88. The lowest BCUT2D eigenvalue weighted by Crippen LogP contribution is -2.26. The van der Waals surface area contributed by atoms with E-state index in [0.29, 0.717) is 6.79 Å². The Morgan fingerprint density at radius 1 is 0.920 bits per heavy atom. The van der Waals surface area contributed by atoms with Gasteiger partial charge >= 0.3 is 0 Å². The minimum Gasteiger partial charge on any atom is -0.468 e. The maximum absolute atomic E-state index is 5.99. The second kappa shape index (κ2) is 6.32. The zero-order valence-electron chi connectivity index (χ0n) is 15.1. The van der Waals surface area contributed by atoms with E-state index in [1.807, 2.05) is 0 Å². The van der Waals surface area contributed by atoms with Crippen molar-refractivity contribution in [2.45, 2.75) is 32.5 Å². The molecule has 0 aromatic heterocycles. The van der Waals surface area contributed by atoms with Crippen LogP contribution >= 0.6 is 0 Å². The molecule has 0 radical (unpaired) electrons. The molecule has 0 bridgehead atoms. The van der Waals surface area contributed by atoms with Crippen LogP contribution in [0.15, 0.2) is 60.4 Å². The minimum atomic E-state index is -1.56. The van der Waals surface area contributed by atoms with Gasteiger partial charge in [-0.2, -0.15) is 0 Å². The lowest BCUT2D eigenvalue weighted by atomic mass is 9.95. The Bertz CT molecular complexity index is 872. The van der Waals surface area contributed by atoms with Crippen LogP contribution in [0.4, 0.5) is 0 Å². The summed E-state index contributed by atoms with van der Waals surface area (Å²) in [4.78, 5) is 0. The first kappa shape index (κ1) is 16.4. The first-order chi connectivity index (χ1) is 12.0. The first-order valence-electron chi connectivity index (χ1n) is 8.90. The van der Waals surface area contributed by atoms with Gasteiger partial charge in [0.25, 0.3) is 0 Å². The first-order valence-corrected chi connectivity index (χ1v) is 12.3. The Balaban J connectivity index is 1.65. The molecule has 0 heterocycles. The molecule has 0 spiro atoms. The molecule has 4 rings (SSSR count). The molecule has 3 heteroatoms. The van der Waals surface area contributed by atoms with E-state index in [1.165, 1.54) is 33.4 Å². The lowest BCUT2D eigenvalue weighted by molar-refractivity contribution is 0.0628. The summed E-state index contributed by atoms with van der Waals surface area (Å²) >= 11 is 0. The van der Waals surface area contributed by atoms with E-state index in [-0.39, 0.29) is 0 Å². The lowest BCUT2D eigenvalue weighted by Gasteiger charge is -2.19. The van der Waals surface area contributed by atoms with Crippen LogP contribution in [-0.2, 0) is 15.6 Å². The summed E-state index contributed by atoms with van der Waals surface area (Å²) in [5.41, 5.74) is 8.18. The summed E-state index contributed by atoms with van der Waals surface area (Å²) in [5.74, 6) is 0.961. The van der Waals surface area contributed by atoms with Gasteiger partial charge in [-0.25, -0.2) is 0 Å². The molecule has 0 saturated carbocycles. The molecule has 2 aliphatic carbocycles. The molecular weight excluding hydrogens is 324 g/mol. The molecular formula is C22H24O2Si. The van der Waals surface area contributed by atoms with Gasteiger partial charge < -0.3 is 9.16 Å². The molecule has 2 nitrogen and oxygen atoms in total. The van der Waals surface area contributed by atoms with Gasteiger partial charge in [-0.1, -0.05) is 48.5 Å². The quantitative estimate of drug-likeness (QED) is 0.431. The molecule has 0 amide bonds. The van der Waals surface area contributed by atoms with E-state index in [0.717, 1.165) is 18.6 Å². The van der Waals surface area contributed by atoms with Gasteiger partial charge in [0.15, 0.2) is 15.1 Å². The van der Waals surface area contributed by atoms with Gasteiger partial charge in [0.05, 0.1) is 0 Å². The number of allylic oxidation sites excluding steroid dienone is 3. The van der Waals surface area contributed by atoms with Crippen LogP contribution in [0.5, 0.6) is 0 Å². The highest BCUT2D eigenvalue weighted by atomic mass is 28.4. The van der Waals surface area contributed by atoms with Crippen LogP contribution in [0.2, 0.25) is 19.6 Å². The van der Waals surface area contributed by atoms with E-state index < -0.39 is 8.32 Å². The van der Waals surface area contributed by atoms with E-state index in [1.54, 1.807) is 0 Å². The van der Waals surface area contributed by atoms with Crippen LogP contribution in [0.3, 0.4) is 0 Å². The summed E-state index contributed by atoms with van der Waals surface area (Å²) in [5, 5.41) is 0. The minimum absolute atomic E-state index is 0.341. The number of hydrogen-bond donors (Lipinski definition) is 0. The molecule has 2 aliphatic rings. The van der Waals surface area contributed by atoms with Crippen molar-refractivity contribution in [2.75, 3.05) is 6.79 Å². The average Bonchev–Trinajstić information content (AvgIpc) is 3.17. The van der Waals surface area contributed by atoms with Crippen molar-refractivity contribution in [3.63, 3.8) is 0 Å². The summed E-state index contributed by atoms with van der Waals surface area (Å²) < 4.78 is 11.9. The van der Waals surface area contributed by atoms with Crippen molar-refractivity contribution < 1.29 is 9.16 Å². The maximum Gasteiger partial charge on any atom is 0.188 e.